The van der Waals surface area contributed by atoms with Crippen molar-refractivity contribution >= 4 is 11.8 Å². The van der Waals surface area contributed by atoms with Crippen LogP contribution in [-0.2, 0) is 9.59 Å². The summed E-state index contributed by atoms with van der Waals surface area (Å²) in [6, 6.07) is -0.459. The molecule has 1 rings (SSSR count). The van der Waals surface area contributed by atoms with Crippen molar-refractivity contribution in [3.05, 3.63) is 0 Å². The molecular formula is C11H21N3O2. The number of carbonyl (C=O) groups excluding carboxylic acids is 2. The lowest BCUT2D eigenvalue weighted by atomic mass is 9.98. The number of rotatable bonds is 4. The van der Waals surface area contributed by atoms with Crippen molar-refractivity contribution in [3.63, 3.8) is 0 Å². The first-order valence-electron chi connectivity index (χ1n) is 5.75. The van der Waals surface area contributed by atoms with Crippen LogP contribution in [0.1, 0.15) is 33.6 Å². The van der Waals surface area contributed by atoms with E-state index in [2.05, 4.69) is 5.32 Å². The molecule has 0 aromatic heterocycles. The molecule has 16 heavy (non-hydrogen) atoms. The smallest absolute Gasteiger partial charge is 0.243 e. The van der Waals surface area contributed by atoms with Crippen LogP contribution in [0.15, 0.2) is 0 Å². The number of primary amides is 1. The lowest BCUT2D eigenvalue weighted by Gasteiger charge is -2.41. The lowest BCUT2D eigenvalue weighted by Crippen LogP contribution is -2.65. The van der Waals surface area contributed by atoms with E-state index < -0.39 is 17.5 Å². The number of hydrogen-bond acceptors (Lipinski definition) is 3. The summed E-state index contributed by atoms with van der Waals surface area (Å²) in [5, 5.41) is 3.13. The summed E-state index contributed by atoms with van der Waals surface area (Å²) in [6.45, 7) is 6.88. The largest absolute Gasteiger partial charge is 0.368 e. The fourth-order valence-electron chi connectivity index (χ4n) is 2.05. The first kappa shape index (κ1) is 13.0. The molecule has 1 aliphatic heterocycles. The van der Waals surface area contributed by atoms with Crippen LogP contribution in [0.25, 0.3) is 0 Å². The third kappa shape index (κ3) is 2.52. The van der Waals surface area contributed by atoms with Gasteiger partial charge < -0.3 is 16.0 Å². The van der Waals surface area contributed by atoms with Gasteiger partial charge in [-0.25, -0.2) is 0 Å². The quantitative estimate of drug-likeness (QED) is 0.701. The predicted molar refractivity (Wildman–Crippen MR) is 61.7 cm³/mol. The number of piperazine rings is 1. The molecule has 3 N–H and O–H groups in total. The van der Waals surface area contributed by atoms with Crippen LogP contribution in [0.3, 0.4) is 0 Å². The molecule has 0 aliphatic carbocycles. The van der Waals surface area contributed by atoms with E-state index in [1.165, 1.54) is 0 Å². The molecule has 1 heterocycles. The van der Waals surface area contributed by atoms with Gasteiger partial charge in [0.2, 0.25) is 11.8 Å². The van der Waals surface area contributed by atoms with Crippen molar-refractivity contribution < 1.29 is 9.59 Å². The maximum Gasteiger partial charge on any atom is 0.243 e. The van der Waals surface area contributed by atoms with E-state index in [0.29, 0.717) is 19.5 Å². The van der Waals surface area contributed by atoms with Crippen molar-refractivity contribution in [2.45, 2.75) is 45.2 Å². The molecule has 2 amide bonds. The average Bonchev–Trinajstić information content (AvgIpc) is 2.19. The second-order valence-corrected chi connectivity index (χ2v) is 4.76. The second-order valence-electron chi connectivity index (χ2n) is 4.76. The Morgan fingerprint density at radius 1 is 1.62 bits per heavy atom. The summed E-state index contributed by atoms with van der Waals surface area (Å²) in [5.41, 5.74) is 4.75. The second kappa shape index (κ2) is 4.82. The molecule has 0 radical (unpaired) electrons. The number of hydrogen-bond donors (Lipinski definition) is 2. The van der Waals surface area contributed by atoms with E-state index in [0.717, 1.165) is 6.42 Å². The molecule has 0 spiro atoms. The van der Waals surface area contributed by atoms with E-state index in [-0.39, 0.29) is 5.91 Å². The van der Waals surface area contributed by atoms with Crippen LogP contribution < -0.4 is 11.1 Å². The minimum absolute atomic E-state index is 0.0454. The number of carbonyl (C=O) groups is 2. The van der Waals surface area contributed by atoms with Gasteiger partial charge in [-0.15, -0.1) is 0 Å². The highest BCUT2D eigenvalue weighted by Crippen LogP contribution is 2.17. The van der Waals surface area contributed by atoms with Gasteiger partial charge in [0.25, 0.3) is 0 Å². The van der Waals surface area contributed by atoms with Crippen molar-refractivity contribution in [2.75, 3.05) is 13.1 Å². The monoisotopic (exact) mass is 227 g/mol. The Hall–Kier alpha value is -1.10. The van der Waals surface area contributed by atoms with Gasteiger partial charge in [0.05, 0.1) is 5.54 Å². The van der Waals surface area contributed by atoms with E-state index in [1.807, 2.05) is 20.8 Å². The Morgan fingerprint density at radius 3 is 2.75 bits per heavy atom. The highest BCUT2D eigenvalue weighted by molar-refractivity contribution is 5.91. The third-order valence-electron chi connectivity index (χ3n) is 2.98. The van der Waals surface area contributed by atoms with Gasteiger partial charge in [-0.1, -0.05) is 13.3 Å². The van der Waals surface area contributed by atoms with Crippen LogP contribution in [0.4, 0.5) is 0 Å². The molecule has 1 unspecified atom stereocenters. The summed E-state index contributed by atoms with van der Waals surface area (Å²) in [5.74, 6) is -0.455. The minimum atomic E-state index is -0.598. The topological polar surface area (TPSA) is 75.4 Å². The average molecular weight is 227 g/mol. The normalized spacial score (nSPS) is 21.9. The molecule has 1 atom stereocenters. The van der Waals surface area contributed by atoms with Gasteiger partial charge >= 0.3 is 0 Å². The molecule has 0 aromatic rings. The van der Waals surface area contributed by atoms with E-state index >= 15 is 0 Å². The van der Waals surface area contributed by atoms with Crippen LogP contribution in [0.2, 0.25) is 0 Å². The number of nitrogens with two attached hydrogens (primary N) is 1. The highest BCUT2D eigenvalue weighted by atomic mass is 16.2. The van der Waals surface area contributed by atoms with E-state index in [1.54, 1.807) is 4.90 Å². The molecule has 0 bridgehead atoms. The number of amides is 2. The summed E-state index contributed by atoms with van der Waals surface area (Å²) < 4.78 is 0. The Labute approximate surface area is 96.4 Å². The fourth-order valence-corrected chi connectivity index (χ4v) is 2.05. The maximum absolute atomic E-state index is 12.1. The van der Waals surface area contributed by atoms with Crippen molar-refractivity contribution in [2.24, 2.45) is 5.73 Å². The molecule has 5 nitrogen and oxygen atoms in total. The summed E-state index contributed by atoms with van der Waals surface area (Å²) in [6.07, 6.45) is 1.47. The van der Waals surface area contributed by atoms with Crippen molar-refractivity contribution in [1.82, 2.24) is 10.2 Å². The van der Waals surface area contributed by atoms with Gasteiger partial charge in [-0.2, -0.15) is 0 Å². The van der Waals surface area contributed by atoms with Crippen LogP contribution >= 0.6 is 0 Å². The first-order chi connectivity index (χ1) is 7.40. The standard InChI is InChI=1S/C11H21N3O2/c1-4-5-8(9(12)15)14-7-6-13-11(2,3)10(14)16/h8,13H,4-7H2,1-3H3,(H2,12,15). The van der Waals surface area contributed by atoms with Crippen molar-refractivity contribution in [3.8, 4) is 0 Å². The first-order valence-corrected chi connectivity index (χ1v) is 5.75. The van der Waals surface area contributed by atoms with Gasteiger partial charge in [0.1, 0.15) is 6.04 Å². The predicted octanol–water partition coefficient (Wildman–Crippen LogP) is -0.149. The zero-order valence-electron chi connectivity index (χ0n) is 10.2. The Kier molecular flexibility index (Phi) is 3.91. The molecule has 1 saturated heterocycles. The molecule has 5 heteroatoms. The fraction of sp³-hybridized carbons (Fsp3) is 0.818. The van der Waals surface area contributed by atoms with Crippen LogP contribution in [-0.4, -0.2) is 41.4 Å². The highest BCUT2D eigenvalue weighted by Gasteiger charge is 2.39. The zero-order chi connectivity index (χ0) is 12.3. The van der Waals surface area contributed by atoms with Crippen molar-refractivity contribution in [1.29, 1.82) is 0 Å². The third-order valence-corrected chi connectivity index (χ3v) is 2.98. The zero-order valence-corrected chi connectivity index (χ0v) is 10.2. The maximum atomic E-state index is 12.1. The Morgan fingerprint density at radius 2 is 2.25 bits per heavy atom. The van der Waals surface area contributed by atoms with Crippen LogP contribution in [0.5, 0.6) is 0 Å². The molecule has 0 aromatic carbocycles. The van der Waals surface area contributed by atoms with E-state index in [9.17, 15) is 9.59 Å². The van der Waals surface area contributed by atoms with Gasteiger partial charge in [0, 0.05) is 13.1 Å². The van der Waals surface area contributed by atoms with Gasteiger partial charge in [0.15, 0.2) is 0 Å². The SMILES string of the molecule is CCCC(C(N)=O)N1CCNC(C)(C)C1=O. The number of nitrogens with one attached hydrogen (secondary N) is 1. The van der Waals surface area contributed by atoms with Crippen LogP contribution in [0, 0.1) is 0 Å². The molecule has 92 valence electrons. The number of nitrogens with zero attached hydrogens (tertiary/aromatic N) is 1. The summed E-state index contributed by atoms with van der Waals surface area (Å²) in [4.78, 5) is 25.1. The summed E-state index contributed by atoms with van der Waals surface area (Å²) >= 11 is 0. The van der Waals surface area contributed by atoms with E-state index in [4.69, 9.17) is 5.73 Å². The molecule has 1 fully saturated rings. The summed E-state index contributed by atoms with van der Waals surface area (Å²) in [7, 11) is 0. The Balaban J connectivity index is 2.84. The van der Waals surface area contributed by atoms with Gasteiger partial charge in [-0.05, 0) is 20.3 Å². The van der Waals surface area contributed by atoms with Gasteiger partial charge in [-0.3, -0.25) is 9.59 Å². The lowest BCUT2D eigenvalue weighted by molar-refractivity contribution is -0.146. The minimum Gasteiger partial charge on any atom is -0.368 e. The molecule has 1 aliphatic rings. The Bertz CT molecular complexity index is 289. The molecular weight excluding hydrogens is 206 g/mol. The molecule has 0 saturated carbocycles.